The van der Waals surface area contributed by atoms with E-state index in [0.717, 1.165) is 22.6 Å². The van der Waals surface area contributed by atoms with Crippen LogP contribution in [0.5, 0.6) is 0 Å². The number of nitriles is 1. The Morgan fingerprint density at radius 1 is 1.35 bits per heavy atom. The summed E-state index contributed by atoms with van der Waals surface area (Å²) < 4.78 is 6.88. The van der Waals surface area contributed by atoms with Crippen molar-refractivity contribution in [1.29, 1.82) is 5.26 Å². The van der Waals surface area contributed by atoms with Gasteiger partial charge in [-0.05, 0) is 18.2 Å². The third-order valence-electron chi connectivity index (χ3n) is 3.09. The lowest BCUT2D eigenvalue weighted by atomic mass is 10.2. The van der Waals surface area contributed by atoms with Crippen LogP contribution in [0.25, 0.3) is 11.0 Å². The molecule has 6 heteroatoms. The molecule has 0 aliphatic heterocycles. The highest BCUT2D eigenvalue weighted by Crippen LogP contribution is 2.20. The zero-order chi connectivity index (χ0) is 13.9. The van der Waals surface area contributed by atoms with Gasteiger partial charge >= 0.3 is 0 Å². The Kier molecular flexibility index (Phi) is 3.40. The second-order valence-electron chi connectivity index (χ2n) is 4.36. The van der Waals surface area contributed by atoms with Gasteiger partial charge in [0.2, 0.25) is 0 Å². The Hall–Kier alpha value is -2.32. The van der Waals surface area contributed by atoms with Gasteiger partial charge in [-0.15, -0.1) is 11.6 Å². The van der Waals surface area contributed by atoms with Crippen LogP contribution in [0.15, 0.2) is 35.1 Å². The molecule has 0 atom stereocenters. The summed E-state index contributed by atoms with van der Waals surface area (Å²) >= 11 is 5.84. The first-order valence-electron chi connectivity index (χ1n) is 6.16. The molecule has 3 rings (SSSR count). The van der Waals surface area contributed by atoms with Crippen molar-refractivity contribution in [3.63, 3.8) is 0 Å². The van der Waals surface area contributed by atoms with Crippen molar-refractivity contribution < 1.29 is 4.52 Å². The van der Waals surface area contributed by atoms with Gasteiger partial charge in [-0.1, -0.05) is 5.16 Å². The summed E-state index contributed by atoms with van der Waals surface area (Å²) in [7, 11) is 0. The Bertz CT molecular complexity index is 770. The van der Waals surface area contributed by atoms with E-state index in [-0.39, 0.29) is 0 Å². The molecule has 0 spiro atoms. The second-order valence-corrected chi connectivity index (χ2v) is 4.74. The minimum atomic E-state index is 0.493. The van der Waals surface area contributed by atoms with Crippen molar-refractivity contribution in [2.75, 3.05) is 5.88 Å². The number of rotatable bonds is 4. The summed E-state index contributed by atoms with van der Waals surface area (Å²) in [5, 5.41) is 12.9. The zero-order valence-corrected chi connectivity index (χ0v) is 11.3. The molecule has 0 saturated carbocycles. The van der Waals surface area contributed by atoms with Crippen LogP contribution in [0.2, 0.25) is 0 Å². The van der Waals surface area contributed by atoms with E-state index in [1.807, 2.05) is 22.8 Å². The zero-order valence-electron chi connectivity index (χ0n) is 10.6. The molecule has 2 heterocycles. The molecule has 3 aromatic rings. The fourth-order valence-corrected chi connectivity index (χ4v) is 2.34. The van der Waals surface area contributed by atoms with Crippen LogP contribution in [-0.4, -0.2) is 20.6 Å². The molecule has 2 aromatic heterocycles. The average Bonchev–Trinajstić information content (AvgIpc) is 3.08. The van der Waals surface area contributed by atoms with Crippen LogP contribution in [0.3, 0.4) is 0 Å². The molecule has 5 nitrogen and oxygen atoms in total. The number of aryl methyl sites for hydroxylation is 1. The Labute approximate surface area is 120 Å². The van der Waals surface area contributed by atoms with Crippen molar-refractivity contribution in [2.24, 2.45) is 0 Å². The largest absolute Gasteiger partial charge is 0.364 e. The van der Waals surface area contributed by atoms with Crippen LogP contribution in [0.1, 0.15) is 17.1 Å². The van der Waals surface area contributed by atoms with Crippen molar-refractivity contribution in [1.82, 2.24) is 14.7 Å². The number of nitrogens with zero attached hydrogens (tertiary/aromatic N) is 4. The molecule has 20 heavy (non-hydrogen) atoms. The molecule has 0 saturated heterocycles. The first kappa shape index (κ1) is 12.7. The van der Waals surface area contributed by atoms with Gasteiger partial charge in [0.15, 0.2) is 0 Å². The Balaban J connectivity index is 2.14. The molecule has 1 aromatic carbocycles. The van der Waals surface area contributed by atoms with Crippen LogP contribution in [-0.2, 0) is 13.0 Å². The van der Waals surface area contributed by atoms with Gasteiger partial charge in [-0.2, -0.15) is 5.26 Å². The lowest BCUT2D eigenvalue weighted by molar-refractivity contribution is 0.409. The Morgan fingerprint density at radius 3 is 2.95 bits per heavy atom. The van der Waals surface area contributed by atoms with Crippen LogP contribution >= 0.6 is 11.6 Å². The van der Waals surface area contributed by atoms with Crippen molar-refractivity contribution in [3.8, 4) is 6.07 Å². The van der Waals surface area contributed by atoms with Crippen LogP contribution in [0, 0.1) is 11.3 Å². The molecular formula is C14H11ClN4O. The van der Waals surface area contributed by atoms with Gasteiger partial charge in [0.05, 0.1) is 29.2 Å². The number of aromatic nitrogens is 3. The van der Waals surface area contributed by atoms with Gasteiger partial charge < -0.3 is 9.09 Å². The highest BCUT2D eigenvalue weighted by molar-refractivity contribution is 6.17. The standard InChI is InChI=1S/C14H11ClN4O/c15-5-3-14-17-12-2-1-10(8-16)7-13(12)19(14)9-11-4-6-20-18-11/h1-2,4,6-7H,3,5,9H2. The van der Waals surface area contributed by atoms with E-state index in [1.165, 1.54) is 6.26 Å². The topological polar surface area (TPSA) is 67.6 Å². The van der Waals surface area contributed by atoms with Gasteiger partial charge in [0.1, 0.15) is 17.8 Å². The quantitative estimate of drug-likeness (QED) is 0.692. The monoisotopic (exact) mass is 286 g/mol. The van der Waals surface area contributed by atoms with E-state index >= 15 is 0 Å². The third-order valence-corrected chi connectivity index (χ3v) is 3.27. The van der Waals surface area contributed by atoms with Crippen LogP contribution < -0.4 is 0 Å². The predicted molar refractivity (Wildman–Crippen MR) is 74.5 cm³/mol. The number of alkyl halides is 1. The van der Waals surface area contributed by atoms with E-state index in [1.54, 1.807) is 6.07 Å². The van der Waals surface area contributed by atoms with E-state index in [2.05, 4.69) is 16.2 Å². The molecule has 0 aliphatic carbocycles. The molecule has 0 fully saturated rings. The maximum absolute atomic E-state index is 9.03. The van der Waals surface area contributed by atoms with Crippen molar-refractivity contribution in [2.45, 2.75) is 13.0 Å². The molecule has 0 bridgehead atoms. The summed E-state index contributed by atoms with van der Waals surface area (Å²) in [6.45, 7) is 0.550. The lowest BCUT2D eigenvalue weighted by Gasteiger charge is -2.06. The molecule has 0 N–H and O–H groups in total. The minimum Gasteiger partial charge on any atom is -0.364 e. The van der Waals surface area contributed by atoms with E-state index in [4.69, 9.17) is 21.4 Å². The summed E-state index contributed by atoms with van der Waals surface area (Å²) in [4.78, 5) is 4.57. The van der Waals surface area contributed by atoms with Gasteiger partial charge in [-0.3, -0.25) is 0 Å². The summed E-state index contributed by atoms with van der Waals surface area (Å²) in [6.07, 6.45) is 2.20. The number of halogens is 1. The van der Waals surface area contributed by atoms with Gasteiger partial charge in [-0.25, -0.2) is 4.98 Å². The summed E-state index contributed by atoms with van der Waals surface area (Å²) in [5.41, 5.74) is 3.18. The van der Waals surface area contributed by atoms with Crippen LogP contribution in [0.4, 0.5) is 0 Å². The smallest absolute Gasteiger partial charge is 0.124 e. The summed E-state index contributed by atoms with van der Waals surface area (Å²) in [5.74, 6) is 1.38. The van der Waals surface area contributed by atoms with Gasteiger partial charge in [0, 0.05) is 18.4 Å². The number of imidazole rings is 1. The fraction of sp³-hybridized carbons (Fsp3) is 0.214. The maximum Gasteiger partial charge on any atom is 0.124 e. The normalized spacial score (nSPS) is 10.8. The van der Waals surface area contributed by atoms with Gasteiger partial charge in [0.25, 0.3) is 0 Å². The molecular weight excluding hydrogens is 276 g/mol. The number of fused-ring (bicyclic) bond motifs is 1. The molecule has 0 amide bonds. The Morgan fingerprint density at radius 2 is 2.25 bits per heavy atom. The first-order valence-corrected chi connectivity index (χ1v) is 6.70. The highest BCUT2D eigenvalue weighted by Gasteiger charge is 2.12. The average molecular weight is 287 g/mol. The fourth-order valence-electron chi connectivity index (χ4n) is 2.18. The predicted octanol–water partition coefficient (Wildman–Crippen LogP) is 2.73. The van der Waals surface area contributed by atoms with E-state index in [0.29, 0.717) is 24.4 Å². The third kappa shape index (κ3) is 2.26. The lowest BCUT2D eigenvalue weighted by Crippen LogP contribution is -2.06. The van der Waals surface area contributed by atoms with E-state index in [9.17, 15) is 0 Å². The number of hydrogen-bond acceptors (Lipinski definition) is 4. The highest BCUT2D eigenvalue weighted by atomic mass is 35.5. The number of hydrogen-bond donors (Lipinski definition) is 0. The van der Waals surface area contributed by atoms with E-state index < -0.39 is 0 Å². The minimum absolute atomic E-state index is 0.493. The molecule has 0 aliphatic rings. The first-order chi connectivity index (χ1) is 9.81. The van der Waals surface area contributed by atoms with Crippen molar-refractivity contribution >= 4 is 22.6 Å². The maximum atomic E-state index is 9.03. The molecule has 0 radical (unpaired) electrons. The number of benzene rings is 1. The van der Waals surface area contributed by atoms with Crippen molar-refractivity contribution in [3.05, 3.63) is 47.6 Å². The molecule has 0 unspecified atom stereocenters. The molecule has 100 valence electrons. The summed E-state index contributed by atoms with van der Waals surface area (Å²) in [6, 6.07) is 9.40. The SMILES string of the molecule is N#Cc1ccc2nc(CCCl)n(Cc3ccon3)c2c1. The second kappa shape index (κ2) is 5.35.